The SMILES string of the molecule is NC=O.[Li]. The van der Waals surface area contributed by atoms with Crippen molar-refractivity contribution >= 4 is 25.3 Å². The molecule has 0 rings (SSSR count). The second kappa shape index (κ2) is 11.5. The molecule has 2 nitrogen and oxygen atoms in total. The van der Waals surface area contributed by atoms with Gasteiger partial charge in [0.25, 0.3) is 0 Å². The first-order chi connectivity index (χ1) is 1.41. The number of hydrogen-bond acceptors (Lipinski definition) is 1. The van der Waals surface area contributed by atoms with Gasteiger partial charge in [0.15, 0.2) is 0 Å². The first-order valence-corrected chi connectivity index (χ1v) is 0.569. The van der Waals surface area contributed by atoms with Gasteiger partial charge in [-0.15, -0.1) is 0 Å². The summed E-state index contributed by atoms with van der Waals surface area (Å²) in [5.74, 6) is 0. The third kappa shape index (κ3) is 518. The zero-order valence-corrected chi connectivity index (χ0v) is 2.56. The summed E-state index contributed by atoms with van der Waals surface area (Å²) in [4.78, 5) is 8.58. The number of primary amides is 1. The van der Waals surface area contributed by atoms with Crippen molar-refractivity contribution in [3.63, 3.8) is 0 Å². The number of carbonyl (C=O) groups is 1. The van der Waals surface area contributed by atoms with Crippen LogP contribution in [0.5, 0.6) is 0 Å². The van der Waals surface area contributed by atoms with Gasteiger partial charge in [0.2, 0.25) is 6.41 Å². The topological polar surface area (TPSA) is 43.1 Å². The Hall–Kier alpha value is 0.0674. The summed E-state index contributed by atoms with van der Waals surface area (Å²) in [5.41, 5.74) is 4.17. The van der Waals surface area contributed by atoms with E-state index in [2.05, 4.69) is 5.73 Å². The molecule has 0 aliphatic carbocycles. The Kier molecular flexibility index (Phi) is 25.8. The van der Waals surface area contributed by atoms with Crippen LogP contribution in [0.4, 0.5) is 0 Å². The van der Waals surface area contributed by atoms with Gasteiger partial charge in [-0.1, -0.05) is 0 Å². The Morgan fingerprint density at radius 2 is 1.75 bits per heavy atom. The quantitative estimate of drug-likeness (QED) is 0.270. The van der Waals surface area contributed by atoms with Crippen LogP contribution >= 0.6 is 0 Å². The van der Waals surface area contributed by atoms with E-state index in [4.69, 9.17) is 4.79 Å². The summed E-state index contributed by atoms with van der Waals surface area (Å²) in [6.07, 6.45) is 0.250. The molecule has 0 aliphatic rings. The fourth-order valence-electron chi connectivity index (χ4n) is 0. The maximum absolute atomic E-state index is 8.58. The summed E-state index contributed by atoms with van der Waals surface area (Å²) >= 11 is 0. The molecule has 19 valence electrons. The van der Waals surface area contributed by atoms with Crippen LogP contribution < -0.4 is 5.73 Å². The minimum atomic E-state index is 0. The standard InChI is InChI=1S/CH3NO.Li/c2-1-3;/h1H,(H2,2,3);. The number of rotatable bonds is 0. The fourth-order valence-corrected chi connectivity index (χ4v) is 0. The van der Waals surface area contributed by atoms with Crippen molar-refractivity contribution in [2.45, 2.75) is 0 Å². The van der Waals surface area contributed by atoms with Gasteiger partial charge in [-0.05, 0) is 0 Å². The van der Waals surface area contributed by atoms with Crippen molar-refractivity contribution in [2.24, 2.45) is 5.73 Å². The molecule has 2 N–H and O–H groups in total. The van der Waals surface area contributed by atoms with E-state index in [1.807, 2.05) is 0 Å². The van der Waals surface area contributed by atoms with E-state index >= 15 is 0 Å². The predicted octanol–water partition coefficient (Wildman–Crippen LogP) is -1.28. The van der Waals surface area contributed by atoms with E-state index in [1.54, 1.807) is 0 Å². The molecule has 0 aromatic heterocycles. The Bertz CT molecular complexity index is 15.5. The maximum atomic E-state index is 8.58. The van der Waals surface area contributed by atoms with E-state index < -0.39 is 0 Å². The zero-order valence-electron chi connectivity index (χ0n) is 2.56. The summed E-state index contributed by atoms with van der Waals surface area (Å²) in [6, 6.07) is 0. The molecule has 4 heavy (non-hydrogen) atoms. The Balaban J connectivity index is 0. The molecule has 1 amide bonds. The second-order valence-corrected chi connectivity index (χ2v) is 0.136. The molecule has 0 atom stereocenters. The van der Waals surface area contributed by atoms with Crippen LogP contribution in [-0.2, 0) is 4.79 Å². The van der Waals surface area contributed by atoms with E-state index in [1.165, 1.54) is 0 Å². The molecule has 0 bridgehead atoms. The molecule has 0 spiro atoms. The molecule has 0 fully saturated rings. The van der Waals surface area contributed by atoms with Crippen molar-refractivity contribution in [1.82, 2.24) is 0 Å². The smallest absolute Gasteiger partial charge is 0.204 e. The normalized spacial score (nSPS) is 3.00. The molecule has 1 radical (unpaired) electrons. The van der Waals surface area contributed by atoms with Gasteiger partial charge in [-0.3, -0.25) is 4.79 Å². The Morgan fingerprint density at radius 3 is 1.75 bits per heavy atom. The van der Waals surface area contributed by atoms with Crippen LogP contribution in [0.2, 0.25) is 0 Å². The van der Waals surface area contributed by atoms with Crippen molar-refractivity contribution in [3.05, 3.63) is 0 Å². The number of amides is 1. The average Bonchev–Trinajstić information content (AvgIpc) is 0.918. The van der Waals surface area contributed by atoms with Gasteiger partial charge in [-0.2, -0.15) is 0 Å². The molecule has 0 saturated heterocycles. The third-order valence-electron chi connectivity index (χ3n) is 0. The van der Waals surface area contributed by atoms with Crippen molar-refractivity contribution < 1.29 is 4.79 Å². The van der Waals surface area contributed by atoms with Crippen LogP contribution in [0.1, 0.15) is 0 Å². The van der Waals surface area contributed by atoms with Gasteiger partial charge in [0, 0.05) is 18.9 Å². The number of hydrogen-bond donors (Lipinski definition) is 1. The molecule has 0 saturated carbocycles. The summed E-state index contributed by atoms with van der Waals surface area (Å²) < 4.78 is 0. The van der Waals surface area contributed by atoms with Crippen molar-refractivity contribution in [3.8, 4) is 0 Å². The minimum absolute atomic E-state index is 0. The molecule has 3 heteroatoms. The first-order valence-electron chi connectivity index (χ1n) is 0.569. The van der Waals surface area contributed by atoms with E-state index in [0.717, 1.165) is 0 Å². The largest absolute Gasteiger partial charge is 0.372 e. The van der Waals surface area contributed by atoms with Gasteiger partial charge < -0.3 is 5.73 Å². The molecule has 0 unspecified atom stereocenters. The van der Waals surface area contributed by atoms with E-state index in [-0.39, 0.29) is 25.3 Å². The molecular weight excluding hydrogens is 49.0 g/mol. The predicted molar refractivity (Wildman–Crippen MR) is 16.0 cm³/mol. The van der Waals surface area contributed by atoms with Crippen molar-refractivity contribution in [1.29, 1.82) is 0 Å². The van der Waals surface area contributed by atoms with Crippen molar-refractivity contribution in [2.75, 3.05) is 0 Å². The van der Waals surface area contributed by atoms with E-state index in [0.29, 0.717) is 0 Å². The maximum Gasteiger partial charge on any atom is 0.204 e. The Labute approximate surface area is 36.5 Å². The second-order valence-electron chi connectivity index (χ2n) is 0.136. The van der Waals surface area contributed by atoms with Crippen LogP contribution in [-0.4, -0.2) is 25.3 Å². The third-order valence-corrected chi connectivity index (χ3v) is 0. The van der Waals surface area contributed by atoms with Gasteiger partial charge in [-0.25, -0.2) is 0 Å². The summed E-state index contributed by atoms with van der Waals surface area (Å²) in [7, 11) is 0. The van der Waals surface area contributed by atoms with Gasteiger partial charge in [0.1, 0.15) is 0 Å². The molecular formula is CH3LiNO. The van der Waals surface area contributed by atoms with Crippen LogP contribution in [0.25, 0.3) is 0 Å². The molecule has 0 heterocycles. The fraction of sp³-hybridized carbons (Fsp3) is 0. The monoisotopic (exact) mass is 52.0 g/mol. The zero-order chi connectivity index (χ0) is 2.71. The van der Waals surface area contributed by atoms with Gasteiger partial charge >= 0.3 is 0 Å². The summed E-state index contributed by atoms with van der Waals surface area (Å²) in [6.45, 7) is 0. The summed E-state index contributed by atoms with van der Waals surface area (Å²) in [5, 5.41) is 0. The van der Waals surface area contributed by atoms with Crippen LogP contribution in [0, 0.1) is 0 Å². The van der Waals surface area contributed by atoms with E-state index in [9.17, 15) is 0 Å². The molecule has 0 aliphatic heterocycles. The molecule has 0 aromatic rings. The average molecular weight is 52.0 g/mol. The first kappa shape index (κ1) is 8.95. The van der Waals surface area contributed by atoms with Gasteiger partial charge in [0.05, 0.1) is 0 Å². The Morgan fingerprint density at radius 1 is 1.75 bits per heavy atom. The van der Waals surface area contributed by atoms with Crippen LogP contribution in [0.3, 0.4) is 0 Å². The number of carbonyl (C=O) groups excluding carboxylic acids is 1. The molecule has 0 aromatic carbocycles. The minimum Gasteiger partial charge on any atom is -0.372 e. The van der Waals surface area contributed by atoms with Crippen LogP contribution in [0.15, 0.2) is 0 Å². The number of nitrogens with two attached hydrogens (primary N) is 1.